The van der Waals surface area contributed by atoms with E-state index in [-0.39, 0.29) is 10.9 Å². The maximum Gasteiger partial charge on any atom is 0.455 e. The van der Waals surface area contributed by atoms with Gasteiger partial charge in [-0.05, 0) is 68.8 Å². The Morgan fingerprint density at radius 2 is 1.24 bits per heavy atom. The van der Waals surface area contributed by atoms with Crippen LogP contribution in [0.1, 0.15) is 60.3 Å². The molecule has 0 saturated carbocycles. The zero-order valence-corrected chi connectivity index (χ0v) is 23.4. The van der Waals surface area contributed by atoms with Crippen molar-refractivity contribution in [1.82, 2.24) is 4.57 Å². The number of nitrogens with zero attached hydrogens (tertiary/aromatic N) is 1. The standard InChI is InChI=1S/C35H26F3NO3/c1-33(2)24-11-7-5-9-19(24)21-14-13-18(15-26(21)33)39-28-17-27-22(20-10-6-8-12-25(20)34(27,3)4)16-23(28)30(40)29(32(39)42)31(41)35(36,37)38/h5-17,40H,1-4H3. The van der Waals surface area contributed by atoms with Crippen LogP contribution >= 0.6 is 0 Å². The monoisotopic (exact) mass is 565 g/mol. The van der Waals surface area contributed by atoms with E-state index in [1.807, 2.05) is 74.5 Å². The third-order valence-corrected chi connectivity index (χ3v) is 9.16. The van der Waals surface area contributed by atoms with Crippen molar-refractivity contribution in [2.45, 2.75) is 44.7 Å². The number of fused-ring (bicyclic) bond motifs is 7. The molecule has 0 bridgehead atoms. The van der Waals surface area contributed by atoms with Crippen LogP contribution in [0.2, 0.25) is 0 Å². The summed E-state index contributed by atoms with van der Waals surface area (Å²) in [7, 11) is 0. The van der Waals surface area contributed by atoms with E-state index in [2.05, 4.69) is 13.8 Å². The number of ketones is 1. The summed E-state index contributed by atoms with van der Waals surface area (Å²) < 4.78 is 42.5. The zero-order chi connectivity index (χ0) is 29.9. The molecular weight excluding hydrogens is 539 g/mol. The molecule has 2 aliphatic rings. The molecule has 0 radical (unpaired) electrons. The first kappa shape index (κ1) is 26.3. The van der Waals surface area contributed by atoms with Crippen molar-refractivity contribution in [2.75, 3.05) is 0 Å². The summed E-state index contributed by atoms with van der Waals surface area (Å²) in [5, 5.41) is 11.2. The van der Waals surface area contributed by atoms with Crippen LogP contribution in [0.4, 0.5) is 13.2 Å². The Morgan fingerprint density at radius 3 is 1.83 bits per heavy atom. The number of Topliss-reactive ketones (excluding diaryl/α,β-unsaturated/α-hetero) is 1. The van der Waals surface area contributed by atoms with Gasteiger partial charge in [-0.3, -0.25) is 14.2 Å². The number of pyridine rings is 1. The fraction of sp³-hybridized carbons (Fsp3) is 0.200. The first-order valence-corrected chi connectivity index (χ1v) is 13.7. The van der Waals surface area contributed by atoms with Gasteiger partial charge in [0.25, 0.3) is 11.3 Å². The molecule has 7 rings (SSSR count). The third-order valence-electron chi connectivity index (χ3n) is 9.16. The maximum atomic E-state index is 13.9. The van der Waals surface area contributed by atoms with E-state index in [1.54, 1.807) is 18.2 Å². The summed E-state index contributed by atoms with van der Waals surface area (Å²) in [5.74, 6) is -3.34. The van der Waals surface area contributed by atoms with E-state index >= 15 is 0 Å². The number of benzene rings is 4. The second-order valence-electron chi connectivity index (χ2n) is 12.2. The molecule has 1 aromatic heterocycles. The van der Waals surface area contributed by atoms with Crippen molar-refractivity contribution in [3.8, 4) is 33.7 Å². The van der Waals surface area contributed by atoms with Crippen LogP contribution < -0.4 is 5.56 Å². The van der Waals surface area contributed by atoms with Crippen molar-refractivity contribution >= 4 is 16.7 Å². The summed E-state index contributed by atoms with van der Waals surface area (Å²) in [5.41, 5.74) is 4.67. The average Bonchev–Trinajstić information content (AvgIpc) is 3.31. The quantitative estimate of drug-likeness (QED) is 0.220. The Balaban J connectivity index is 1.59. The normalized spacial score (nSPS) is 15.7. The molecule has 0 spiro atoms. The SMILES string of the molecule is CC1(C)c2ccccc2-c2ccc(-n3c(=O)c(C(=O)C(F)(F)F)c(O)c4cc5c(cc43)C(C)(C)c3ccccc3-5)cc21. The van der Waals surface area contributed by atoms with Crippen LogP contribution in [0.25, 0.3) is 38.8 Å². The lowest BCUT2D eigenvalue weighted by molar-refractivity contribution is -0.0887. The van der Waals surface area contributed by atoms with E-state index in [0.29, 0.717) is 5.69 Å². The van der Waals surface area contributed by atoms with Gasteiger partial charge in [0.15, 0.2) is 0 Å². The molecule has 0 fully saturated rings. The summed E-state index contributed by atoms with van der Waals surface area (Å²) >= 11 is 0. The predicted octanol–water partition coefficient (Wildman–Crippen LogP) is 8.05. The molecule has 0 atom stereocenters. The maximum absolute atomic E-state index is 13.9. The fourth-order valence-corrected chi connectivity index (χ4v) is 7.00. The molecule has 1 heterocycles. The second kappa shape index (κ2) is 8.22. The zero-order valence-electron chi connectivity index (χ0n) is 23.4. The van der Waals surface area contributed by atoms with E-state index in [9.17, 15) is 27.9 Å². The van der Waals surface area contributed by atoms with Crippen molar-refractivity contribution in [3.05, 3.63) is 117 Å². The molecule has 210 valence electrons. The van der Waals surface area contributed by atoms with Crippen molar-refractivity contribution < 1.29 is 23.1 Å². The molecule has 4 aromatic carbocycles. The van der Waals surface area contributed by atoms with Gasteiger partial charge in [-0.1, -0.05) is 82.3 Å². The number of alkyl halides is 3. The molecule has 0 unspecified atom stereocenters. The summed E-state index contributed by atoms with van der Waals surface area (Å²) in [6.45, 7) is 8.21. The van der Waals surface area contributed by atoms with Gasteiger partial charge in [0.05, 0.1) is 5.52 Å². The molecule has 5 aromatic rings. The van der Waals surface area contributed by atoms with E-state index in [0.717, 1.165) is 49.1 Å². The van der Waals surface area contributed by atoms with Gasteiger partial charge in [0.2, 0.25) is 0 Å². The second-order valence-corrected chi connectivity index (χ2v) is 12.2. The van der Waals surface area contributed by atoms with Crippen LogP contribution in [0, 0.1) is 0 Å². The molecule has 0 saturated heterocycles. The van der Waals surface area contributed by atoms with E-state index in [4.69, 9.17) is 0 Å². The molecule has 2 aliphatic carbocycles. The minimum Gasteiger partial charge on any atom is -0.506 e. The van der Waals surface area contributed by atoms with Crippen LogP contribution in [0.5, 0.6) is 5.75 Å². The Bertz CT molecular complexity index is 2080. The molecule has 0 amide bonds. The Kier molecular flexibility index (Phi) is 5.14. The number of hydrogen-bond donors (Lipinski definition) is 1. The predicted molar refractivity (Wildman–Crippen MR) is 157 cm³/mol. The van der Waals surface area contributed by atoms with Crippen LogP contribution in [-0.2, 0) is 10.8 Å². The van der Waals surface area contributed by atoms with Crippen molar-refractivity contribution in [3.63, 3.8) is 0 Å². The van der Waals surface area contributed by atoms with Gasteiger partial charge in [0, 0.05) is 21.9 Å². The molecule has 1 N–H and O–H groups in total. The van der Waals surface area contributed by atoms with E-state index < -0.39 is 39.7 Å². The lowest BCUT2D eigenvalue weighted by Crippen LogP contribution is -2.33. The minimum absolute atomic E-state index is 0.00324. The van der Waals surface area contributed by atoms with Crippen molar-refractivity contribution in [1.29, 1.82) is 0 Å². The first-order valence-electron chi connectivity index (χ1n) is 13.7. The highest BCUT2D eigenvalue weighted by atomic mass is 19.4. The number of aromatic nitrogens is 1. The Labute approximate surface area is 239 Å². The highest BCUT2D eigenvalue weighted by Crippen LogP contribution is 2.52. The van der Waals surface area contributed by atoms with Crippen LogP contribution in [-0.4, -0.2) is 21.6 Å². The summed E-state index contributed by atoms with van der Waals surface area (Å²) in [6, 6.07) is 24.4. The highest BCUT2D eigenvalue weighted by Gasteiger charge is 2.44. The van der Waals surface area contributed by atoms with Gasteiger partial charge in [-0.2, -0.15) is 13.2 Å². The Morgan fingerprint density at radius 1 is 0.714 bits per heavy atom. The van der Waals surface area contributed by atoms with Gasteiger partial charge < -0.3 is 5.11 Å². The van der Waals surface area contributed by atoms with Crippen LogP contribution in [0.3, 0.4) is 0 Å². The molecule has 0 aliphatic heterocycles. The fourth-order valence-electron chi connectivity index (χ4n) is 7.00. The number of carbonyl (C=O) groups excluding carboxylic acids is 1. The molecule has 4 nitrogen and oxygen atoms in total. The van der Waals surface area contributed by atoms with Crippen LogP contribution in [0.15, 0.2) is 83.7 Å². The van der Waals surface area contributed by atoms with E-state index in [1.165, 1.54) is 0 Å². The molecule has 42 heavy (non-hydrogen) atoms. The lowest BCUT2D eigenvalue weighted by Gasteiger charge is -2.24. The largest absolute Gasteiger partial charge is 0.506 e. The smallest absolute Gasteiger partial charge is 0.455 e. The lowest BCUT2D eigenvalue weighted by atomic mass is 9.82. The topological polar surface area (TPSA) is 59.3 Å². The summed E-state index contributed by atoms with van der Waals surface area (Å²) in [4.78, 5) is 26.5. The number of rotatable bonds is 2. The third kappa shape index (κ3) is 3.30. The average molecular weight is 566 g/mol. The van der Waals surface area contributed by atoms with Gasteiger partial charge in [-0.15, -0.1) is 0 Å². The number of halogens is 3. The van der Waals surface area contributed by atoms with Gasteiger partial charge >= 0.3 is 6.18 Å². The van der Waals surface area contributed by atoms with Gasteiger partial charge in [-0.25, -0.2) is 0 Å². The summed E-state index contributed by atoms with van der Waals surface area (Å²) in [6.07, 6.45) is -5.35. The molecular formula is C35H26F3NO3. The minimum atomic E-state index is -5.35. The van der Waals surface area contributed by atoms with Gasteiger partial charge in [0.1, 0.15) is 11.3 Å². The van der Waals surface area contributed by atoms with Crippen molar-refractivity contribution in [2.24, 2.45) is 0 Å². The first-order chi connectivity index (χ1) is 19.7. The number of carbonyl (C=O) groups is 1. The number of hydrogen-bond acceptors (Lipinski definition) is 3. The Hall–Kier alpha value is -4.65. The molecule has 7 heteroatoms. The number of aromatic hydroxyl groups is 1. The highest BCUT2D eigenvalue weighted by molar-refractivity contribution is 6.08.